The van der Waals surface area contributed by atoms with Crippen LogP contribution in [0.3, 0.4) is 0 Å². The Morgan fingerprint density at radius 2 is 1.85 bits per heavy atom. The zero-order chi connectivity index (χ0) is 14.8. The molecule has 0 amide bonds. The Kier molecular flexibility index (Phi) is 6.93. The zero-order valence-electron chi connectivity index (χ0n) is 11.1. The maximum absolute atomic E-state index is 13.1. The smallest absolute Gasteiger partial charge is 0.391 e. The van der Waals surface area contributed by atoms with E-state index in [0.717, 1.165) is 12.1 Å². The van der Waals surface area contributed by atoms with E-state index in [2.05, 4.69) is 0 Å². The van der Waals surface area contributed by atoms with Crippen LogP contribution in [0.25, 0.3) is 0 Å². The monoisotopic (exact) mass is 315 g/mol. The quantitative estimate of drug-likeness (QED) is 0.833. The second-order valence-corrected chi connectivity index (χ2v) is 4.63. The third kappa shape index (κ3) is 4.33. The molecule has 0 radical (unpaired) electrons. The topological polar surface area (TPSA) is 46.2 Å². The van der Waals surface area contributed by atoms with Crippen LogP contribution in [0.15, 0.2) is 18.2 Å². The molecule has 1 aromatic carbocycles. The number of alkyl halides is 3. The van der Waals surface area contributed by atoms with Crippen LogP contribution in [-0.4, -0.2) is 11.2 Å². The molecule has 0 bridgehead atoms. The van der Waals surface area contributed by atoms with Crippen LogP contribution in [0, 0.1) is 11.7 Å². The molecule has 0 aliphatic rings. The van der Waals surface area contributed by atoms with E-state index < -0.39 is 35.3 Å². The van der Waals surface area contributed by atoms with Gasteiger partial charge < -0.3 is 10.8 Å². The minimum atomic E-state index is -4.63. The SMILES string of the molecule is CCC(C)[C@@H](O)[C@@H](N)c1cc(F)ccc1C(F)(F)F.Cl. The molecule has 0 heterocycles. The number of aliphatic hydroxyl groups excluding tert-OH is 1. The molecule has 0 spiro atoms. The largest absolute Gasteiger partial charge is 0.416 e. The van der Waals surface area contributed by atoms with Crippen molar-refractivity contribution in [3.63, 3.8) is 0 Å². The fourth-order valence-corrected chi connectivity index (χ4v) is 1.85. The number of hydrogen-bond acceptors (Lipinski definition) is 2. The summed E-state index contributed by atoms with van der Waals surface area (Å²) < 4.78 is 51.6. The first-order chi connectivity index (χ1) is 8.68. The molecule has 0 aliphatic carbocycles. The molecule has 20 heavy (non-hydrogen) atoms. The molecule has 116 valence electrons. The average molecular weight is 316 g/mol. The number of aliphatic hydroxyl groups is 1. The predicted octanol–water partition coefficient (Wildman–Crippen LogP) is 3.67. The van der Waals surface area contributed by atoms with Gasteiger partial charge >= 0.3 is 6.18 Å². The summed E-state index contributed by atoms with van der Waals surface area (Å²) in [5, 5.41) is 9.91. The van der Waals surface area contributed by atoms with Crippen LogP contribution in [-0.2, 0) is 6.18 Å². The van der Waals surface area contributed by atoms with Crippen LogP contribution in [0.5, 0.6) is 0 Å². The summed E-state index contributed by atoms with van der Waals surface area (Å²) in [5.41, 5.74) is 4.24. The lowest BCUT2D eigenvalue weighted by Gasteiger charge is -2.26. The second-order valence-electron chi connectivity index (χ2n) is 4.63. The van der Waals surface area contributed by atoms with E-state index in [1.807, 2.05) is 0 Å². The van der Waals surface area contributed by atoms with Gasteiger partial charge in [0.25, 0.3) is 0 Å². The normalized spacial score (nSPS) is 16.2. The van der Waals surface area contributed by atoms with E-state index in [0.29, 0.717) is 12.5 Å². The third-order valence-corrected chi connectivity index (χ3v) is 3.27. The lowest BCUT2D eigenvalue weighted by Crippen LogP contribution is -2.33. The van der Waals surface area contributed by atoms with Gasteiger partial charge in [0.15, 0.2) is 0 Å². The summed E-state index contributed by atoms with van der Waals surface area (Å²) in [7, 11) is 0. The van der Waals surface area contributed by atoms with E-state index in [9.17, 15) is 22.7 Å². The Labute approximate surface area is 121 Å². The summed E-state index contributed by atoms with van der Waals surface area (Å²) in [6.07, 6.45) is -5.23. The van der Waals surface area contributed by atoms with E-state index >= 15 is 0 Å². The summed E-state index contributed by atoms with van der Waals surface area (Å²) in [4.78, 5) is 0. The first-order valence-corrected chi connectivity index (χ1v) is 5.98. The molecule has 0 saturated carbocycles. The Bertz CT molecular complexity index is 439. The number of benzene rings is 1. The third-order valence-electron chi connectivity index (χ3n) is 3.27. The van der Waals surface area contributed by atoms with Crippen molar-refractivity contribution in [2.45, 2.75) is 38.6 Å². The summed E-state index contributed by atoms with van der Waals surface area (Å²) in [6, 6.07) is 0.837. The minimum Gasteiger partial charge on any atom is -0.391 e. The van der Waals surface area contributed by atoms with Crippen molar-refractivity contribution in [2.24, 2.45) is 11.7 Å². The van der Waals surface area contributed by atoms with Gasteiger partial charge in [-0.2, -0.15) is 13.2 Å². The van der Waals surface area contributed by atoms with Crippen molar-refractivity contribution >= 4 is 12.4 Å². The zero-order valence-corrected chi connectivity index (χ0v) is 11.9. The van der Waals surface area contributed by atoms with E-state index in [-0.39, 0.29) is 18.3 Å². The summed E-state index contributed by atoms with van der Waals surface area (Å²) in [6.45, 7) is 3.47. The number of halogens is 5. The average Bonchev–Trinajstić information content (AvgIpc) is 2.34. The predicted molar refractivity (Wildman–Crippen MR) is 71.0 cm³/mol. The molecular formula is C13H18ClF4NO. The maximum atomic E-state index is 13.1. The Hall–Kier alpha value is -0.850. The minimum absolute atomic E-state index is 0. The Morgan fingerprint density at radius 3 is 2.30 bits per heavy atom. The highest BCUT2D eigenvalue weighted by Crippen LogP contribution is 2.36. The van der Waals surface area contributed by atoms with Gasteiger partial charge in [-0.25, -0.2) is 4.39 Å². The highest BCUT2D eigenvalue weighted by Gasteiger charge is 2.36. The Balaban J connectivity index is 0.00000361. The fourth-order valence-electron chi connectivity index (χ4n) is 1.85. The highest BCUT2D eigenvalue weighted by molar-refractivity contribution is 5.85. The Morgan fingerprint density at radius 1 is 1.30 bits per heavy atom. The van der Waals surface area contributed by atoms with E-state index in [1.54, 1.807) is 13.8 Å². The van der Waals surface area contributed by atoms with Gasteiger partial charge in [-0.3, -0.25) is 0 Å². The van der Waals surface area contributed by atoms with E-state index in [4.69, 9.17) is 5.73 Å². The number of nitrogens with two attached hydrogens (primary N) is 1. The first-order valence-electron chi connectivity index (χ1n) is 5.98. The van der Waals surface area contributed by atoms with Crippen molar-refractivity contribution in [3.05, 3.63) is 35.1 Å². The maximum Gasteiger partial charge on any atom is 0.416 e. The molecule has 0 aliphatic heterocycles. The van der Waals surface area contributed by atoms with Crippen LogP contribution < -0.4 is 5.73 Å². The lowest BCUT2D eigenvalue weighted by atomic mass is 9.89. The van der Waals surface area contributed by atoms with Gasteiger partial charge in [0.2, 0.25) is 0 Å². The molecule has 3 atom stereocenters. The summed E-state index contributed by atoms with van der Waals surface area (Å²) in [5.74, 6) is -1.09. The van der Waals surface area contributed by atoms with Crippen LogP contribution in [0.1, 0.15) is 37.4 Å². The van der Waals surface area contributed by atoms with Crippen molar-refractivity contribution in [1.29, 1.82) is 0 Å². The fraction of sp³-hybridized carbons (Fsp3) is 0.538. The molecule has 1 aromatic rings. The second kappa shape index (κ2) is 7.24. The standard InChI is InChI=1S/C13H17F4NO.ClH/c1-3-7(2)12(19)11(18)9-6-8(14)4-5-10(9)13(15,16)17;/h4-7,11-12,19H,3,18H2,1-2H3;1H/t7?,11-,12+;/m0./s1. The van der Waals surface area contributed by atoms with Crippen molar-refractivity contribution in [3.8, 4) is 0 Å². The van der Waals surface area contributed by atoms with Crippen LogP contribution >= 0.6 is 12.4 Å². The molecule has 0 fully saturated rings. The van der Waals surface area contributed by atoms with Gasteiger partial charge in [-0.05, 0) is 29.7 Å². The number of hydrogen-bond donors (Lipinski definition) is 2. The van der Waals surface area contributed by atoms with Crippen molar-refractivity contribution in [1.82, 2.24) is 0 Å². The molecule has 1 unspecified atom stereocenters. The summed E-state index contributed by atoms with van der Waals surface area (Å²) >= 11 is 0. The van der Waals surface area contributed by atoms with Gasteiger partial charge in [0, 0.05) is 0 Å². The molecular weight excluding hydrogens is 298 g/mol. The molecule has 7 heteroatoms. The lowest BCUT2D eigenvalue weighted by molar-refractivity contribution is -0.138. The number of rotatable bonds is 4. The molecule has 3 N–H and O–H groups in total. The van der Waals surface area contributed by atoms with Crippen molar-refractivity contribution in [2.75, 3.05) is 0 Å². The van der Waals surface area contributed by atoms with Gasteiger partial charge in [-0.15, -0.1) is 12.4 Å². The highest BCUT2D eigenvalue weighted by atomic mass is 35.5. The molecule has 0 saturated heterocycles. The van der Waals surface area contributed by atoms with Crippen LogP contribution in [0.4, 0.5) is 17.6 Å². The molecule has 1 rings (SSSR count). The van der Waals surface area contributed by atoms with Gasteiger partial charge in [0.1, 0.15) is 5.82 Å². The molecule has 2 nitrogen and oxygen atoms in total. The van der Waals surface area contributed by atoms with Crippen LogP contribution in [0.2, 0.25) is 0 Å². The van der Waals surface area contributed by atoms with Crippen molar-refractivity contribution < 1.29 is 22.7 Å². The molecule has 0 aromatic heterocycles. The van der Waals surface area contributed by atoms with E-state index in [1.165, 1.54) is 0 Å². The van der Waals surface area contributed by atoms with Gasteiger partial charge in [-0.1, -0.05) is 20.3 Å². The first kappa shape index (κ1) is 19.1. The van der Waals surface area contributed by atoms with Gasteiger partial charge in [0.05, 0.1) is 17.7 Å².